The van der Waals surface area contributed by atoms with Crippen LogP contribution in [0.3, 0.4) is 0 Å². The van der Waals surface area contributed by atoms with Crippen LogP contribution in [-0.2, 0) is 19.9 Å². The number of sulfone groups is 1. The Morgan fingerprint density at radius 1 is 1.05 bits per heavy atom. The van der Waals surface area contributed by atoms with Crippen LogP contribution in [0.15, 0.2) is 29.2 Å². The average Bonchev–Trinajstić information content (AvgIpc) is 2.69. The molecular formula is C15H21NO4S2. The van der Waals surface area contributed by atoms with Crippen molar-refractivity contribution in [2.45, 2.75) is 54.8 Å². The molecule has 1 aromatic rings. The topological polar surface area (TPSA) is 71.5 Å². The fraction of sp³-hybridized carbons (Fsp3) is 0.600. The molecule has 0 radical (unpaired) electrons. The lowest BCUT2D eigenvalue weighted by Crippen LogP contribution is -2.49. The van der Waals surface area contributed by atoms with Gasteiger partial charge in [-0.2, -0.15) is 4.31 Å². The van der Waals surface area contributed by atoms with E-state index in [4.69, 9.17) is 0 Å². The van der Waals surface area contributed by atoms with Gasteiger partial charge in [0.1, 0.15) is 9.84 Å². The zero-order chi connectivity index (χ0) is 16.1. The van der Waals surface area contributed by atoms with Gasteiger partial charge in [0.05, 0.1) is 10.1 Å². The van der Waals surface area contributed by atoms with Crippen LogP contribution in [0, 0.1) is 6.92 Å². The van der Waals surface area contributed by atoms with Gasteiger partial charge in [-0.05, 0) is 50.3 Å². The van der Waals surface area contributed by atoms with Crippen molar-refractivity contribution in [2.75, 3.05) is 6.26 Å². The largest absolute Gasteiger partial charge is 0.243 e. The highest BCUT2D eigenvalue weighted by molar-refractivity contribution is 7.91. The maximum atomic E-state index is 12.9. The number of nitrogens with zero attached hydrogens (tertiary/aromatic N) is 1. The number of hydrogen-bond acceptors (Lipinski definition) is 4. The minimum Gasteiger partial charge on any atom is -0.229 e. The molecule has 2 aliphatic rings. The van der Waals surface area contributed by atoms with Gasteiger partial charge < -0.3 is 0 Å². The van der Waals surface area contributed by atoms with Crippen molar-refractivity contribution in [3.8, 4) is 0 Å². The highest BCUT2D eigenvalue weighted by Gasteiger charge is 2.49. The molecular weight excluding hydrogens is 322 g/mol. The van der Waals surface area contributed by atoms with Gasteiger partial charge in [-0.1, -0.05) is 12.1 Å². The Morgan fingerprint density at radius 2 is 1.64 bits per heavy atom. The van der Waals surface area contributed by atoms with E-state index in [-0.39, 0.29) is 12.1 Å². The van der Waals surface area contributed by atoms with Crippen LogP contribution in [0.4, 0.5) is 0 Å². The van der Waals surface area contributed by atoms with Crippen molar-refractivity contribution in [1.29, 1.82) is 0 Å². The predicted octanol–water partition coefficient (Wildman–Crippen LogP) is 1.72. The molecule has 0 aliphatic carbocycles. The molecule has 2 saturated heterocycles. The first-order valence-corrected chi connectivity index (χ1v) is 10.9. The van der Waals surface area contributed by atoms with Gasteiger partial charge in [-0.3, -0.25) is 0 Å². The van der Waals surface area contributed by atoms with E-state index in [1.54, 1.807) is 22.5 Å². The second-order valence-electron chi connectivity index (χ2n) is 6.46. The molecule has 0 saturated carbocycles. The van der Waals surface area contributed by atoms with Crippen LogP contribution < -0.4 is 0 Å². The highest BCUT2D eigenvalue weighted by atomic mass is 32.2. The summed E-state index contributed by atoms with van der Waals surface area (Å²) in [4.78, 5) is 0.308. The van der Waals surface area contributed by atoms with Gasteiger partial charge in [0.2, 0.25) is 10.0 Å². The fourth-order valence-corrected chi connectivity index (χ4v) is 6.86. The van der Waals surface area contributed by atoms with Gasteiger partial charge >= 0.3 is 0 Å². The van der Waals surface area contributed by atoms with Gasteiger partial charge in [0, 0.05) is 18.3 Å². The van der Waals surface area contributed by atoms with Crippen molar-refractivity contribution in [3.63, 3.8) is 0 Å². The van der Waals surface area contributed by atoms with Crippen LogP contribution in [-0.4, -0.2) is 44.7 Å². The predicted molar refractivity (Wildman–Crippen MR) is 84.9 cm³/mol. The zero-order valence-corrected chi connectivity index (χ0v) is 14.4. The van der Waals surface area contributed by atoms with Gasteiger partial charge in [-0.25, -0.2) is 16.8 Å². The molecule has 0 aromatic heterocycles. The summed E-state index contributed by atoms with van der Waals surface area (Å²) in [6.45, 7) is 1.86. The minimum absolute atomic E-state index is 0.191. The normalized spacial score (nSPS) is 29.6. The molecule has 7 heteroatoms. The maximum Gasteiger partial charge on any atom is 0.243 e. The maximum absolute atomic E-state index is 12.9. The Kier molecular flexibility index (Phi) is 3.86. The van der Waals surface area contributed by atoms with Crippen LogP contribution in [0.25, 0.3) is 0 Å². The lowest BCUT2D eigenvalue weighted by molar-refractivity contribution is 0.249. The lowest BCUT2D eigenvalue weighted by atomic mass is 10.1. The fourth-order valence-electron chi connectivity index (χ4n) is 3.72. The van der Waals surface area contributed by atoms with E-state index in [1.165, 1.54) is 6.26 Å². The van der Waals surface area contributed by atoms with E-state index in [9.17, 15) is 16.8 Å². The van der Waals surface area contributed by atoms with Gasteiger partial charge in [0.15, 0.2) is 0 Å². The van der Waals surface area contributed by atoms with Crippen LogP contribution in [0.1, 0.15) is 31.2 Å². The summed E-state index contributed by atoms with van der Waals surface area (Å²) < 4.78 is 51.1. The Hall–Kier alpha value is -0.920. The van der Waals surface area contributed by atoms with Crippen molar-refractivity contribution in [3.05, 3.63) is 29.8 Å². The summed E-state index contributed by atoms with van der Waals surface area (Å²) in [5.41, 5.74) is 0.902. The average molecular weight is 343 g/mol. The van der Waals surface area contributed by atoms with Crippen molar-refractivity contribution >= 4 is 19.9 Å². The third kappa shape index (κ3) is 2.70. The highest BCUT2D eigenvalue weighted by Crippen LogP contribution is 2.41. The summed E-state index contributed by atoms with van der Waals surface area (Å²) >= 11 is 0. The standard InChI is InChI=1S/C15H21NO4S2/c1-11-4-3-5-14(8-11)22(19,20)16-12-6-7-13(16)10-15(9-12)21(2,17)18/h3-5,8,12-13,15H,6-7,9-10H2,1-2H3. The number of aryl methyl sites for hydroxylation is 1. The third-order valence-corrected chi connectivity index (χ3v) is 8.39. The molecule has 3 rings (SSSR count). The quantitative estimate of drug-likeness (QED) is 0.838. The molecule has 5 nitrogen and oxygen atoms in total. The first kappa shape index (κ1) is 16.0. The van der Waals surface area contributed by atoms with Gasteiger partial charge in [-0.15, -0.1) is 0 Å². The van der Waals surface area contributed by atoms with Crippen molar-refractivity contribution < 1.29 is 16.8 Å². The second-order valence-corrected chi connectivity index (χ2v) is 10.6. The Bertz CT molecular complexity index is 772. The molecule has 0 spiro atoms. The molecule has 2 unspecified atom stereocenters. The van der Waals surface area contributed by atoms with E-state index in [0.717, 1.165) is 18.4 Å². The molecule has 2 aliphatic heterocycles. The Labute approximate surface area is 132 Å². The summed E-state index contributed by atoms with van der Waals surface area (Å²) in [7, 11) is -6.66. The van der Waals surface area contributed by atoms with Crippen LogP contribution >= 0.6 is 0 Å². The van der Waals surface area contributed by atoms with E-state index < -0.39 is 25.1 Å². The number of fused-ring (bicyclic) bond motifs is 2. The number of piperidine rings is 1. The van der Waals surface area contributed by atoms with Crippen LogP contribution in [0.5, 0.6) is 0 Å². The summed E-state index contributed by atoms with van der Waals surface area (Å²) in [6.07, 6.45) is 3.59. The Morgan fingerprint density at radius 3 is 2.14 bits per heavy atom. The lowest BCUT2D eigenvalue weighted by Gasteiger charge is -2.37. The number of hydrogen-bond donors (Lipinski definition) is 0. The van der Waals surface area contributed by atoms with E-state index in [1.807, 2.05) is 13.0 Å². The molecule has 22 heavy (non-hydrogen) atoms. The molecule has 1 aromatic carbocycles. The minimum atomic E-state index is -3.55. The molecule has 122 valence electrons. The summed E-state index contributed by atoms with van der Waals surface area (Å²) in [5, 5.41) is -0.408. The van der Waals surface area contributed by atoms with E-state index in [0.29, 0.717) is 17.7 Å². The monoisotopic (exact) mass is 343 g/mol. The molecule has 0 amide bonds. The second kappa shape index (κ2) is 5.32. The molecule has 2 bridgehead atoms. The zero-order valence-electron chi connectivity index (χ0n) is 12.8. The number of benzene rings is 1. The summed E-state index contributed by atoms with van der Waals surface area (Å²) in [5.74, 6) is 0. The third-order valence-electron chi connectivity index (χ3n) is 4.79. The van der Waals surface area contributed by atoms with Crippen LogP contribution in [0.2, 0.25) is 0 Å². The first-order chi connectivity index (χ1) is 10.2. The number of sulfonamides is 1. The van der Waals surface area contributed by atoms with Crippen molar-refractivity contribution in [2.24, 2.45) is 0 Å². The molecule has 2 fully saturated rings. The van der Waals surface area contributed by atoms with E-state index >= 15 is 0 Å². The van der Waals surface area contributed by atoms with Gasteiger partial charge in [0.25, 0.3) is 0 Å². The smallest absolute Gasteiger partial charge is 0.229 e. The molecule has 0 N–H and O–H groups in total. The first-order valence-electron chi connectivity index (χ1n) is 7.48. The SMILES string of the molecule is Cc1cccc(S(=O)(=O)N2C3CCC2CC(S(C)(=O)=O)C3)c1. The van der Waals surface area contributed by atoms with Crippen molar-refractivity contribution in [1.82, 2.24) is 4.31 Å². The summed E-state index contributed by atoms with van der Waals surface area (Å²) in [6, 6.07) is 6.52. The molecule has 2 heterocycles. The van der Waals surface area contributed by atoms with E-state index in [2.05, 4.69) is 0 Å². The molecule has 2 atom stereocenters. The Balaban J connectivity index is 1.94. The number of rotatable bonds is 3.